The molecule has 0 radical (unpaired) electrons. The molecule has 0 unspecified atom stereocenters. The summed E-state index contributed by atoms with van der Waals surface area (Å²) in [6.45, 7) is 4.48. The number of nitrogens with zero attached hydrogens (tertiary/aromatic N) is 2. The van der Waals surface area contributed by atoms with Crippen molar-refractivity contribution in [2.45, 2.75) is 44.3 Å². The first-order valence-corrected chi connectivity index (χ1v) is 11.2. The summed E-state index contributed by atoms with van der Waals surface area (Å²) < 4.78 is 1.54. The van der Waals surface area contributed by atoms with E-state index in [9.17, 15) is 9.59 Å². The molecule has 3 aromatic rings. The summed E-state index contributed by atoms with van der Waals surface area (Å²) in [6.07, 6.45) is 3.44. The van der Waals surface area contributed by atoms with E-state index in [-0.39, 0.29) is 23.3 Å². The molecule has 0 saturated heterocycles. The molecule has 0 spiro atoms. The average molecular weight is 410 g/mol. The molecule has 1 aliphatic carbocycles. The van der Waals surface area contributed by atoms with Crippen LogP contribution in [0.15, 0.2) is 46.3 Å². The third kappa shape index (κ3) is 4.04. The lowest BCUT2D eigenvalue weighted by Crippen LogP contribution is -2.44. The number of amides is 1. The van der Waals surface area contributed by atoms with Crippen molar-refractivity contribution in [2.24, 2.45) is 18.9 Å². The number of carbonyl (C=O) groups is 1. The minimum Gasteiger partial charge on any atom is -0.352 e. The molecule has 1 fully saturated rings. The van der Waals surface area contributed by atoms with E-state index >= 15 is 0 Å². The molecule has 1 aliphatic rings. The van der Waals surface area contributed by atoms with Crippen LogP contribution in [-0.2, 0) is 11.8 Å². The van der Waals surface area contributed by atoms with Gasteiger partial charge in [0.15, 0.2) is 5.16 Å². The second-order valence-electron chi connectivity index (χ2n) is 8.21. The van der Waals surface area contributed by atoms with Gasteiger partial charge in [0.25, 0.3) is 5.56 Å². The standard InChI is InChI=1S/C23H27N3O2S/c1-14-7-6-10-19(15(14)2)24-21(27)13-29-23-25-20-12-17-9-5-4-8-16(17)11-18(20)22(28)26(23)3/h4-5,8-9,11-12,14-15,19H,6-7,10,13H2,1-3H3,(H,24,27)/t14-,15-,19-/m1/s1. The summed E-state index contributed by atoms with van der Waals surface area (Å²) >= 11 is 1.32. The lowest BCUT2D eigenvalue weighted by Gasteiger charge is -2.34. The van der Waals surface area contributed by atoms with Gasteiger partial charge in [0.05, 0.1) is 16.7 Å². The van der Waals surface area contributed by atoms with Crippen molar-refractivity contribution < 1.29 is 4.79 Å². The highest BCUT2D eigenvalue weighted by Gasteiger charge is 2.28. The van der Waals surface area contributed by atoms with Gasteiger partial charge in [-0.3, -0.25) is 14.2 Å². The highest BCUT2D eigenvalue weighted by Crippen LogP contribution is 2.29. The topological polar surface area (TPSA) is 64.0 Å². The molecule has 0 bridgehead atoms. The van der Waals surface area contributed by atoms with Gasteiger partial charge in [-0.1, -0.05) is 62.7 Å². The summed E-state index contributed by atoms with van der Waals surface area (Å²) in [5.41, 5.74) is 0.586. The molecule has 1 saturated carbocycles. The molecular weight excluding hydrogens is 382 g/mol. The Kier molecular flexibility index (Phi) is 5.63. The zero-order chi connectivity index (χ0) is 20.5. The average Bonchev–Trinajstić information content (AvgIpc) is 2.72. The lowest BCUT2D eigenvalue weighted by atomic mass is 9.78. The maximum Gasteiger partial charge on any atom is 0.261 e. The summed E-state index contributed by atoms with van der Waals surface area (Å²) in [7, 11) is 1.72. The lowest BCUT2D eigenvalue weighted by molar-refractivity contribution is -0.120. The number of carbonyl (C=O) groups excluding carboxylic acids is 1. The number of hydrogen-bond donors (Lipinski definition) is 1. The Hall–Kier alpha value is -2.34. The van der Waals surface area contributed by atoms with Gasteiger partial charge in [0.2, 0.25) is 5.91 Å². The van der Waals surface area contributed by atoms with E-state index in [0.29, 0.717) is 27.9 Å². The van der Waals surface area contributed by atoms with Gasteiger partial charge >= 0.3 is 0 Å². The first-order valence-electron chi connectivity index (χ1n) is 10.3. The second kappa shape index (κ2) is 8.19. The molecule has 5 nitrogen and oxygen atoms in total. The fourth-order valence-corrected chi connectivity index (χ4v) is 5.01. The molecule has 6 heteroatoms. The van der Waals surface area contributed by atoms with Crippen molar-refractivity contribution in [3.63, 3.8) is 0 Å². The minimum atomic E-state index is -0.0848. The van der Waals surface area contributed by atoms with Crippen LogP contribution in [-0.4, -0.2) is 27.3 Å². The molecule has 3 atom stereocenters. The highest BCUT2D eigenvalue weighted by atomic mass is 32.2. The van der Waals surface area contributed by atoms with Gasteiger partial charge in [0.1, 0.15) is 0 Å². The number of fused-ring (bicyclic) bond motifs is 2. The fraction of sp³-hybridized carbons (Fsp3) is 0.435. The summed E-state index contributed by atoms with van der Waals surface area (Å²) in [4.78, 5) is 30.0. The van der Waals surface area contributed by atoms with E-state index in [0.717, 1.165) is 23.6 Å². The summed E-state index contributed by atoms with van der Waals surface area (Å²) in [6, 6.07) is 12.0. The Morgan fingerprint density at radius 2 is 1.93 bits per heavy atom. The van der Waals surface area contributed by atoms with E-state index in [1.807, 2.05) is 36.4 Å². The molecule has 1 N–H and O–H groups in total. The second-order valence-corrected chi connectivity index (χ2v) is 9.15. The molecule has 152 valence electrons. The van der Waals surface area contributed by atoms with E-state index < -0.39 is 0 Å². The zero-order valence-electron chi connectivity index (χ0n) is 17.1. The van der Waals surface area contributed by atoms with Crippen LogP contribution in [0, 0.1) is 11.8 Å². The molecular formula is C23H27N3O2S. The van der Waals surface area contributed by atoms with Gasteiger partial charge in [-0.25, -0.2) is 4.98 Å². The van der Waals surface area contributed by atoms with Crippen molar-refractivity contribution in [1.29, 1.82) is 0 Å². The van der Waals surface area contributed by atoms with Gasteiger partial charge < -0.3 is 5.32 Å². The zero-order valence-corrected chi connectivity index (χ0v) is 18.0. The summed E-state index contributed by atoms with van der Waals surface area (Å²) in [5.74, 6) is 1.40. The van der Waals surface area contributed by atoms with Crippen molar-refractivity contribution in [1.82, 2.24) is 14.9 Å². The third-order valence-electron chi connectivity index (χ3n) is 6.29. The number of rotatable bonds is 4. The highest BCUT2D eigenvalue weighted by molar-refractivity contribution is 7.99. The Balaban J connectivity index is 1.53. The van der Waals surface area contributed by atoms with Crippen LogP contribution in [0.4, 0.5) is 0 Å². The third-order valence-corrected chi connectivity index (χ3v) is 7.32. The number of aromatic nitrogens is 2. The molecule has 1 aromatic heterocycles. The first-order chi connectivity index (χ1) is 13.9. The maximum atomic E-state index is 12.8. The van der Waals surface area contributed by atoms with E-state index in [4.69, 9.17) is 0 Å². The van der Waals surface area contributed by atoms with E-state index in [2.05, 4.69) is 24.1 Å². The van der Waals surface area contributed by atoms with Crippen molar-refractivity contribution in [3.05, 3.63) is 46.8 Å². The molecule has 29 heavy (non-hydrogen) atoms. The fourth-order valence-electron chi connectivity index (χ4n) is 4.23. The van der Waals surface area contributed by atoms with Gasteiger partial charge in [-0.15, -0.1) is 0 Å². The van der Waals surface area contributed by atoms with Crippen molar-refractivity contribution in [2.75, 3.05) is 5.75 Å². The van der Waals surface area contributed by atoms with Gasteiger partial charge in [-0.2, -0.15) is 0 Å². The Morgan fingerprint density at radius 3 is 2.69 bits per heavy atom. The largest absolute Gasteiger partial charge is 0.352 e. The van der Waals surface area contributed by atoms with Crippen LogP contribution in [0.2, 0.25) is 0 Å². The Bertz CT molecular complexity index is 1120. The van der Waals surface area contributed by atoms with E-state index in [1.165, 1.54) is 18.2 Å². The van der Waals surface area contributed by atoms with Crippen LogP contribution in [0.5, 0.6) is 0 Å². The molecule has 1 heterocycles. The molecule has 4 rings (SSSR count). The SMILES string of the molecule is C[C@@H]1[C@H](C)CCC[C@H]1NC(=O)CSc1nc2cc3ccccc3cc2c(=O)n1C. The van der Waals surface area contributed by atoms with Gasteiger partial charge in [-0.05, 0) is 41.2 Å². The van der Waals surface area contributed by atoms with Crippen molar-refractivity contribution >= 4 is 39.3 Å². The number of thioether (sulfide) groups is 1. The molecule has 1 amide bonds. The first kappa shape index (κ1) is 20.0. The van der Waals surface area contributed by atoms with Crippen LogP contribution in [0.25, 0.3) is 21.7 Å². The Morgan fingerprint density at radius 1 is 1.21 bits per heavy atom. The normalized spacial score (nSPS) is 22.1. The number of nitrogens with one attached hydrogen (secondary N) is 1. The van der Waals surface area contributed by atoms with Crippen LogP contribution >= 0.6 is 11.8 Å². The van der Waals surface area contributed by atoms with Gasteiger partial charge in [0, 0.05) is 13.1 Å². The number of hydrogen-bond acceptors (Lipinski definition) is 4. The number of benzene rings is 2. The van der Waals surface area contributed by atoms with Crippen LogP contribution < -0.4 is 10.9 Å². The van der Waals surface area contributed by atoms with E-state index in [1.54, 1.807) is 11.6 Å². The molecule has 2 aromatic carbocycles. The maximum absolute atomic E-state index is 12.8. The smallest absolute Gasteiger partial charge is 0.261 e. The molecule has 0 aliphatic heterocycles. The predicted octanol–water partition coefficient (Wildman–Crippen LogP) is 4.12. The van der Waals surface area contributed by atoms with Crippen molar-refractivity contribution in [3.8, 4) is 0 Å². The Labute approximate surface area is 174 Å². The quantitative estimate of drug-likeness (QED) is 0.400. The van der Waals surface area contributed by atoms with Crippen LogP contribution in [0.3, 0.4) is 0 Å². The van der Waals surface area contributed by atoms with Crippen LogP contribution in [0.1, 0.15) is 33.1 Å². The minimum absolute atomic E-state index is 0.00815. The summed E-state index contributed by atoms with van der Waals surface area (Å²) in [5, 5.41) is 6.43. The monoisotopic (exact) mass is 409 g/mol. The predicted molar refractivity (Wildman–Crippen MR) is 119 cm³/mol.